The predicted molar refractivity (Wildman–Crippen MR) is 68.2 cm³/mol. The summed E-state index contributed by atoms with van der Waals surface area (Å²) in [6.45, 7) is 0. The number of aromatic nitrogens is 2. The lowest BCUT2D eigenvalue weighted by Gasteiger charge is -2.01. The lowest BCUT2D eigenvalue weighted by Crippen LogP contribution is -1.97. The lowest BCUT2D eigenvalue weighted by molar-refractivity contribution is 0.417. The Bertz CT molecular complexity index is 495. The van der Waals surface area contributed by atoms with Crippen LogP contribution in [-0.2, 0) is 6.42 Å². The van der Waals surface area contributed by atoms with Gasteiger partial charge in [-0.2, -0.15) is 11.8 Å². The summed E-state index contributed by atoms with van der Waals surface area (Å²) in [6, 6.07) is 3.79. The number of ether oxygens (including phenoxy) is 1. The molecule has 16 heavy (non-hydrogen) atoms. The molecule has 0 bridgehead atoms. The van der Waals surface area contributed by atoms with Gasteiger partial charge >= 0.3 is 0 Å². The van der Waals surface area contributed by atoms with Crippen LogP contribution in [0.1, 0.15) is 5.69 Å². The highest BCUT2D eigenvalue weighted by molar-refractivity contribution is 7.98. The smallest absolute Gasteiger partial charge is 0.181 e. The minimum absolute atomic E-state index is 0.711. The molecule has 0 saturated heterocycles. The molecule has 0 spiro atoms. The molecule has 2 N–H and O–H groups in total. The number of thioether (sulfide) groups is 1. The molecule has 0 aromatic carbocycles. The number of nitrogens with two attached hydrogens (primary N) is 1. The third-order valence-electron chi connectivity index (χ3n) is 2.49. The van der Waals surface area contributed by atoms with Crippen LogP contribution in [0.3, 0.4) is 0 Å². The van der Waals surface area contributed by atoms with Gasteiger partial charge in [0.15, 0.2) is 11.4 Å². The van der Waals surface area contributed by atoms with Gasteiger partial charge in [0.25, 0.3) is 0 Å². The topological polar surface area (TPSA) is 52.5 Å². The number of anilines is 1. The maximum Gasteiger partial charge on any atom is 0.181 e. The molecule has 0 fully saturated rings. The molecular weight excluding hydrogens is 222 g/mol. The quantitative estimate of drug-likeness (QED) is 0.881. The second-order valence-electron chi connectivity index (χ2n) is 3.46. The van der Waals surface area contributed by atoms with Crippen molar-refractivity contribution in [3.63, 3.8) is 0 Å². The number of imidazole rings is 1. The van der Waals surface area contributed by atoms with Crippen LogP contribution in [0.2, 0.25) is 0 Å². The summed E-state index contributed by atoms with van der Waals surface area (Å²) in [6.07, 6.45) is 4.87. The third-order valence-corrected chi connectivity index (χ3v) is 3.10. The number of nitrogen functional groups attached to an aromatic ring is 1. The summed E-state index contributed by atoms with van der Waals surface area (Å²) in [5, 5.41) is 0. The molecule has 0 unspecified atom stereocenters. The van der Waals surface area contributed by atoms with Crippen molar-refractivity contribution in [2.75, 3.05) is 24.9 Å². The lowest BCUT2D eigenvalue weighted by atomic mass is 10.3. The number of fused-ring (bicyclic) bond motifs is 1. The van der Waals surface area contributed by atoms with Crippen molar-refractivity contribution >= 4 is 23.2 Å². The minimum Gasteiger partial charge on any atom is -0.493 e. The second-order valence-corrected chi connectivity index (χ2v) is 4.44. The van der Waals surface area contributed by atoms with Crippen LogP contribution in [-0.4, -0.2) is 28.5 Å². The van der Waals surface area contributed by atoms with Crippen LogP contribution < -0.4 is 10.5 Å². The molecule has 4 nitrogen and oxygen atoms in total. The Kier molecular flexibility index (Phi) is 3.24. The summed E-state index contributed by atoms with van der Waals surface area (Å²) in [5.74, 6) is 2.49. The Labute approximate surface area is 98.8 Å². The van der Waals surface area contributed by atoms with Gasteiger partial charge in [0.1, 0.15) is 5.82 Å². The zero-order valence-corrected chi connectivity index (χ0v) is 10.3. The van der Waals surface area contributed by atoms with E-state index in [1.807, 2.05) is 22.7 Å². The molecule has 0 aliphatic rings. The summed E-state index contributed by atoms with van der Waals surface area (Å²) in [5.41, 5.74) is 7.77. The van der Waals surface area contributed by atoms with Gasteiger partial charge in [-0.3, -0.25) is 4.40 Å². The van der Waals surface area contributed by atoms with Gasteiger partial charge < -0.3 is 10.5 Å². The van der Waals surface area contributed by atoms with Crippen molar-refractivity contribution in [2.45, 2.75) is 6.42 Å². The molecule has 0 saturated carbocycles. The first-order valence-corrected chi connectivity index (χ1v) is 6.45. The van der Waals surface area contributed by atoms with Crippen molar-refractivity contribution in [1.29, 1.82) is 0 Å². The zero-order valence-electron chi connectivity index (χ0n) is 9.43. The van der Waals surface area contributed by atoms with Crippen molar-refractivity contribution in [1.82, 2.24) is 9.38 Å². The zero-order chi connectivity index (χ0) is 11.5. The first kappa shape index (κ1) is 11.1. The number of hydrogen-bond acceptors (Lipinski definition) is 4. The van der Waals surface area contributed by atoms with Gasteiger partial charge in [-0.1, -0.05) is 0 Å². The molecule has 0 aliphatic carbocycles. The van der Waals surface area contributed by atoms with Crippen molar-refractivity contribution in [3.8, 4) is 5.75 Å². The van der Waals surface area contributed by atoms with Crippen LogP contribution in [0, 0.1) is 0 Å². The van der Waals surface area contributed by atoms with Gasteiger partial charge in [0.05, 0.1) is 12.8 Å². The first-order chi connectivity index (χ1) is 7.77. The molecule has 2 aromatic rings. The predicted octanol–water partition coefficient (Wildman–Crippen LogP) is 1.83. The van der Waals surface area contributed by atoms with Gasteiger partial charge in [-0.15, -0.1) is 0 Å². The van der Waals surface area contributed by atoms with E-state index in [9.17, 15) is 0 Å². The molecule has 2 heterocycles. The van der Waals surface area contributed by atoms with Crippen LogP contribution in [0.4, 0.5) is 5.82 Å². The van der Waals surface area contributed by atoms with Gasteiger partial charge in [-0.05, 0) is 24.1 Å². The SMILES string of the molecule is COc1cccn2c(N)c(CCSC)nc12. The highest BCUT2D eigenvalue weighted by Gasteiger charge is 2.11. The van der Waals surface area contributed by atoms with Crippen molar-refractivity contribution in [2.24, 2.45) is 0 Å². The number of hydrogen-bond donors (Lipinski definition) is 1. The molecule has 86 valence electrons. The van der Waals surface area contributed by atoms with E-state index < -0.39 is 0 Å². The van der Waals surface area contributed by atoms with Crippen LogP contribution in [0.15, 0.2) is 18.3 Å². The fourth-order valence-electron chi connectivity index (χ4n) is 1.65. The molecule has 0 atom stereocenters. The summed E-state index contributed by atoms with van der Waals surface area (Å²) < 4.78 is 7.13. The van der Waals surface area contributed by atoms with E-state index in [1.54, 1.807) is 18.9 Å². The Morgan fingerprint density at radius 2 is 2.38 bits per heavy atom. The number of rotatable bonds is 4. The average molecular weight is 237 g/mol. The molecule has 0 aliphatic heterocycles. The summed E-state index contributed by atoms with van der Waals surface area (Å²) in [4.78, 5) is 4.52. The molecule has 5 heteroatoms. The van der Waals surface area contributed by atoms with Crippen LogP contribution in [0.25, 0.3) is 5.65 Å². The van der Waals surface area contributed by atoms with E-state index in [-0.39, 0.29) is 0 Å². The maximum absolute atomic E-state index is 6.04. The minimum atomic E-state index is 0.711. The van der Waals surface area contributed by atoms with E-state index in [4.69, 9.17) is 10.5 Å². The van der Waals surface area contributed by atoms with E-state index in [0.29, 0.717) is 5.82 Å². The van der Waals surface area contributed by atoms with E-state index in [2.05, 4.69) is 11.2 Å². The molecular formula is C11H15N3OS. The fraction of sp³-hybridized carbons (Fsp3) is 0.364. The number of pyridine rings is 1. The highest BCUT2D eigenvalue weighted by atomic mass is 32.2. The molecule has 0 amide bonds. The average Bonchev–Trinajstić information content (AvgIpc) is 2.64. The highest BCUT2D eigenvalue weighted by Crippen LogP contribution is 2.23. The van der Waals surface area contributed by atoms with E-state index in [0.717, 1.165) is 29.3 Å². The number of aryl methyl sites for hydroxylation is 1. The Morgan fingerprint density at radius 1 is 1.56 bits per heavy atom. The van der Waals surface area contributed by atoms with E-state index in [1.165, 1.54) is 0 Å². The van der Waals surface area contributed by atoms with Crippen molar-refractivity contribution < 1.29 is 4.74 Å². The Morgan fingerprint density at radius 3 is 3.06 bits per heavy atom. The molecule has 2 rings (SSSR count). The van der Waals surface area contributed by atoms with Crippen LogP contribution >= 0.6 is 11.8 Å². The van der Waals surface area contributed by atoms with Gasteiger partial charge in [0.2, 0.25) is 0 Å². The Hall–Kier alpha value is -1.36. The Balaban J connectivity index is 2.49. The van der Waals surface area contributed by atoms with Gasteiger partial charge in [0, 0.05) is 12.6 Å². The van der Waals surface area contributed by atoms with Crippen LogP contribution in [0.5, 0.6) is 5.75 Å². The normalized spacial score (nSPS) is 10.9. The molecule has 2 aromatic heterocycles. The standard InChI is InChI=1S/C11H15N3OS/c1-15-9-4-3-6-14-10(12)8(5-7-16-2)13-11(9)14/h3-4,6H,5,7,12H2,1-2H3. The monoisotopic (exact) mass is 237 g/mol. The van der Waals surface area contributed by atoms with Gasteiger partial charge in [-0.25, -0.2) is 4.98 Å². The third kappa shape index (κ3) is 1.82. The maximum atomic E-state index is 6.04. The largest absolute Gasteiger partial charge is 0.493 e. The number of methoxy groups -OCH3 is 1. The van der Waals surface area contributed by atoms with Crippen molar-refractivity contribution in [3.05, 3.63) is 24.0 Å². The molecule has 0 radical (unpaired) electrons. The summed E-state index contributed by atoms with van der Waals surface area (Å²) in [7, 11) is 1.64. The first-order valence-electron chi connectivity index (χ1n) is 5.06. The number of nitrogens with zero attached hydrogens (tertiary/aromatic N) is 2. The van der Waals surface area contributed by atoms with E-state index >= 15 is 0 Å². The second kappa shape index (κ2) is 4.65. The summed E-state index contributed by atoms with van der Waals surface area (Å²) >= 11 is 1.79. The fourth-order valence-corrected chi connectivity index (χ4v) is 2.05.